The van der Waals surface area contributed by atoms with Gasteiger partial charge in [0, 0.05) is 18.4 Å². The minimum atomic E-state index is -1.69. The second kappa shape index (κ2) is 7.53. The van der Waals surface area contributed by atoms with Gasteiger partial charge in [0.1, 0.15) is 11.3 Å². The average Bonchev–Trinajstić information content (AvgIpc) is 2.88. The first kappa shape index (κ1) is 22.4. The van der Waals surface area contributed by atoms with Crippen LogP contribution in [0.3, 0.4) is 0 Å². The summed E-state index contributed by atoms with van der Waals surface area (Å²) in [5, 5.41) is 3.38. The van der Waals surface area contributed by atoms with Crippen molar-refractivity contribution in [3.8, 4) is 0 Å². The topological polar surface area (TPSA) is 22.4 Å². The Hall–Kier alpha value is -0.846. The van der Waals surface area contributed by atoms with Crippen LogP contribution in [0, 0.1) is 0 Å². The molecule has 0 fully saturated rings. The van der Waals surface area contributed by atoms with Crippen molar-refractivity contribution in [2.75, 3.05) is 6.61 Å². The van der Waals surface area contributed by atoms with Crippen LogP contribution in [0.2, 0.25) is 36.3 Å². The highest BCUT2D eigenvalue weighted by molar-refractivity contribution is 6.94. The fourth-order valence-electron chi connectivity index (χ4n) is 3.11. The Balaban J connectivity index is 2.25. The third-order valence-electron chi connectivity index (χ3n) is 6.99. The lowest BCUT2D eigenvalue weighted by molar-refractivity contribution is 0.279. The Bertz CT molecular complexity index is 774. The van der Waals surface area contributed by atoms with E-state index < -0.39 is 16.4 Å². The van der Waals surface area contributed by atoms with E-state index in [0.717, 1.165) is 25.0 Å². The van der Waals surface area contributed by atoms with Gasteiger partial charge in [-0.2, -0.15) is 0 Å². The lowest BCUT2D eigenvalue weighted by atomic mass is 10.2. The van der Waals surface area contributed by atoms with Crippen LogP contribution < -0.4 is 5.19 Å². The summed E-state index contributed by atoms with van der Waals surface area (Å²) in [5.74, 6) is 1.20. The van der Waals surface area contributed by atoms with E-state index in [1.165, 1.54) is 16.3 Å². The Morgan fingerprint density at radius 3 is 2.04 bits per heavy atom. The molecule has 2 nitrogen and oxygen atoms in total. The molecular weight excluding hydrogens is 364 g/mol. The second-order valence-corrected chi connectivity index (χ2v) is 21.0. The standard InChI is InChI=1S/C23H40O2Si2/c1-22(2,3)26(7,8)21-18-14-11-12-15-19(18)25-20(21)16-13-17-24-27(9,10)23(4,5)6/h11-12,14-15H,13,16-17H2,1-10H3. The Kier molecular flexibility index (Phi) is 6.26. The minimum Gasteiger partial charge on any atom is -0.461 e. The van der Waals surface area contributed by atoms with Gasteiger partial charge in [0.15, 0.2) is 8.32 Å². The van der Waals surface area contributed by atoms with Crippen molar-refractivity contribution < 1.29 is 8.84 Å². The maximum atomic E-state index is 6.39. The maximum Gasteiger partial charge on any atom is 0.191 e. The summed E-state index contributed by atoms with van der Waals surface area (Å²) in [5.41, 5.74) is 1.04. The molecule has 2 rings (SSSR count). The normalized spacial score (nSPS) is 14.1. The summed E-state index contributed by atoms with van der Waals surface area (Å²) in [6, 6.07) is 8.57. The summed E-state index contributed by atoms with van der Waals surface area (Å²) >= 11 is 0. The highest BCUT2D eigenvalue weighted by atomic mass is 28.4. The van der Waals surface area contributed by atoms with Crippen molar-refractivity contribution in [3.63, 3.8) is 0 Å². The van der Waals surface area contributed by atoms with Gasteiger partial charge < -0.3 is 8.84 Å². The predicted octanol–water partition coefficient (Wildman–Crippen LogP) is 7.10. The van der Waals surface area contributed by atoms with Crippen molar-refractivity contribution in [1.29, 1.82) is 0 Å². The second-order valence-electron chi connectivity index (χ2n) is 11.0. The number of hydrogen-bond donors (Lipinski definition) is 0. The molecule has 1 heterocycles. The van der Waals surface area contributed by atoms with Gasteiger partial charge in [0.25, 0.3) is 0 Å². The molecule has 0 aliphatic heterocycles. The average molecular weight is 405 g/mol. The zero-order valence-corrected chi connectivity index (χ0v) is 21.2. The molecule has 0 saturated carbocycles. The molecule has 0 unspecified atom stereocenters. The molecule has 152 valence electrons. The van der Waals surface area contributed by atoms with Crippen LogP contribution in [0.4, 0.5) is 0 Å². The molecule has 0 saturated heterocycles. The Morgan fingerprint density at radius 1 is 0.889 bits per heavy atom. The first-order valence-electron chi connectivity index (χ1n) is 10.3. The molecule has 0 amide bonds. The summed E-state index contributed by atoms with van der Waals surface area (Å²) < 4.78 is 12.8. The lowest BCUT2D eigenvalue weighted by Gasteiger charge is -2.37. The Morgan fingerprint density at radius 2 is 1.48 bits per heavy atom. The van der Waals surface area contributed by atoms with Crippen molar-refractivity contribution in [2.24, 2.45) is 0 Å². The molecule has 0 bridgehead atoms. The monoisotopic (exact) mass is 404 g/mol. The molecule has 0 aliphatic carbocycles. The third-order valence-corrected chi connectivity index (χ3v) is 17.1. The van der Waals surface area contributed by atoms with E-state index in [1.807, 2.05) is 0 Å². The zero-order valence-electron chi connectivity index (χ0n) is 19.2. The number of rotatable bonds is 6. The molecule has 0 aliphatic rings. The highest BCUT2D eigenvalue weighted by Gasteiger charge is 2.41. The SMILES string of the molecule is CC(C)(C)[Si](C)(C)OCCCc1oc2ccccc2c1[Si](C)(C)C(C)(C)C. The maximum absolute atomic E-state index is 6.39. The number of hydrogen-bond acceptors (Lipinski definition) is 2. The fraction of sp³-hybridized carbons (Fsp3) is 0.652. The van der Waals surface area contributed by atoms with E-state index in [9.17, 15) is 0 Å². The van der Waals surface area contributed by atoms with Gasteiger partial charge >= 0.3 is 0 Å². The van der Waals surface area contributed by atoms with E-state index >= 15 is 0 Å². The summed E-state index contributed by atoms with van der Waals surface area (Å²) in [4.78, 5) is 0. The van der Waals surface area contributed by atoms with Gasteiger partial charge in [-0.15, -0.1) is 0 Å². The summed E-state index contributed by atoms with van der Waals surface area (Å²) in [6.45, 7) is 24.5. The van der Waals surface area contributed by atoms with Crippen molar-refractivity contribution in [2.45, 2.75) is 90.6 Å². The number of fused-ring (bicyclic) bond motifs is 1. The molecule has 1 aromatic carbocycles. The van der Waals surface area contributed by atoms with Crippen LogP contribution in [0.5, 0.6) is 0 Å². The van der Waals surface area contributed by atoms with E-state index in [2.05, 4.69) is 92.0 Å². The van der Waals surface area contributed by atoms with Gasteiger partial charge in [-0.05, 0) is 40.8 Å². The molecule has 0 N–H and O–H groups in total. The van der Waals surface area contributed by atoms with Crippen molar-refractivity contribution >= 4 is 32.5 Å². The molecule has 1 aromatic heterocycles. The smallest absolute Gasteiger partial charge is 0.191 e. The first-order chi connectivity index (χ1) is 12.2. The molecule has 27 heavy (non-hydrogen) atoms. The van der Waals surface area contributed by atoms with Gasteiger partial charge in [-0.3, -0.25) is 0 Å². The van der Waals surface area contributed by atoms with E-state index in [1.54, 1.807) is 0 Å². The molecule has 4 heteroatoms. The minimum absolute atomic E-state index is 0.263. The van der Waals surface area contributed by atoms with Gasteiger partial charge in [-0.25, -0.2) is 0 Å². The fourth-order valence-corrected chi connectivity index (χ4v) is 6.70. The van der Waals surface area contributed by atoms with Crippen LogP contribution in [0.25, 0.3) is 11.0 Å². The van der Waals surface area contributed by atoms with Crippen LogP contribution in [-0.2, 0) is 10.8 Å². The first-order valence-corrected chi connectivity index (χ1v) is 16.2. The van der Waals surface area contributed by atoms with Crippen LogP contribution in [0.15, 0.2) is 28.7 Å². The third kappa shape index (κ3) is 4.60. The highest BCUT2D eigenvalue weighted by Crippen LogP contribution is 2.39. The molecule has 0 spiro atoms. The van der Waals surface area contributed by atoms with Gasteiger partial charge in [0.2, 0.25) is 0 Å². The quantitative estimate of drug-likeness (QED) is 0.378. The molecule has 0 radical (unpaired) electrons. The number of aryl methyl sites for hydroxylation is 1. The number of para-hydroxylation sites is 1. The Labute approximate surface area is 168 Å². The van der Waals surface area contributed by atoms with Crippen LogP contribution >= 0.6 is 0 Å². The van der Waals surface area contributed by atoms with Crippen LogP contribution in [0.1, 0.15) is 53.7 Å². The van der Waals surface area contributed by atoms with Gasteiger partial charge in [-0.1, -0.05) is 72.8 Å². The predicted molar refractivity (Wildman–Crippen MR) is 125 cm³/mol. The number of furan rings is 1. The summed E-state index contributed by atoms with van der Waals surface area (Å²) in [7, 11) is -3.37. The zero-order chi connectivity index (χ0) is 20.7. The van der Waals surface area contributed by atoms with Gasteiger partial charge in [0.05, 0.1) is 8.07 Å². The molecular formula is C23H40O2Si2. The largest absolute Gasteiger partial charge is 0.461 e. The van der Waals surface area contributed by atoms with E-state index in [4.69, 9.17) is 8.84 Å². The number of benzene rings is 1. The molecule has 0 atom stereocenters. The molecule has 2 aromatic rings. The van der Waals surface area contributed by atoms with Crippen LogP contribution in [-0.4, -0.2) is 23.0 Å². The lowest BCUT2D eigenvalue weighted by Crippen LogP contribution is -2.50. The summed E-state index contributed by atoms with van der Waals surface area (Å²) in [6.07, 6.45) is 1.99. The van der Waals surface area contributed by atoms with E-state index in [0.29, 0.717) is 0 Å². The van der Waals surface area contributed by atoms with Crippen molar-refractivity contribution in [3.05, 3.63) is 30.0 Å². The van der Waals surface area contributed by atoms with E-state index in [-0.39, 0.29) is 10.1 Å². The van der Waals surface area contributed by atoms with Crippen molar-refractivity contribution in [1.82, 2.24) is 0 Å².